The third-order valence-corrected chi connectivity index (χ3v) is 3.98. The lowest BCUT2D eigenvalue weighted by Crippen LogP contribution is -2.40. The van der Waals surface area contributed by atoms with Gasteiger partial charge in [-0.1, -0.05) is 37.3 Å². The van der Waals surface area contributed by atoms with Gasteiger partial charge in [-0.15, -0.1) is 0 Å². The maximum atomic E-state index is 13.1. The Morgan fingerprint density at radius 3 is 2.54 bits per heavy atom. The minimum absolute atomic E-state index is 0.0473. The number of aliphatic hydroxyl groups excluding tert-OH is 1. The first-order valence-corrected chi connectivity index (χ1v) is 8.22. The van der Waals surface area contributed by atoms with Gasteiger partial charge in [-0.2, -0.15) is 0 Å². The Kier molecular flexibility index (Phi) is 7.06. The molecule has 2 rings (SSSR count). The van der Waals surface area contributed by atoms with Gasteiger partial charge in [0, 0.05) is 18.7 Å². The first-order chi connectivity index (χ1) is 12.4. The molecule has 2 aromatic rings. The van der Waals surface area contributed by atoms with Crippen LogP contribution in [0.5, 0.6) is 5.75 Å². The minimum Gasteiger partial charge on any atom is -0.491 e. The summed E-state index contributed by atoms with van der Waals surface area (Å²) in [5, 5.41) is 12.5. The van der Waals surface area contributed by atoms with Gasteiger partial charge in [0.05, 0.1) is 5.92 Å². The number of carbonyl (C=O) groups excluding carboxylic acids is 1. The molecule has 0 aliphatic heterocycles. The predicted octanol–water partition coefficient (Wildman–Crippen LogP) is 2.16. The Hall–Kier alpha value is -2.51. The molecule has 26 heavy (non-hydrogen) atoms. The van der Waals surface area contributed by atoms with E-state index in [0.29, 0.717) is 0 Å². The quantitative estimate of drug-likeness (QED) is 0.670. The number of halogens is 2. The third kappa shape index (κ3) is 5.50. The SMILES string of the molecule is CC(C(=O)NCC(O)COc1ccc(F)c(F)c1)C(N)c1ccccc1. The van der Waals surface area contributed by atoms with Crippen molar-refractivity contribution in [3.8, 4) is 5.75 Å². The maximum absolute atomic E-state index is 13.1. The van der Waals surface area contributed by atoms with Gasteiger partial charge < -0.3 is 20.9 Å². The molecule has 0 aliphatic rings. The van der Waals surface area contributed by atoms with Crippen molar-refractivity contribution in [3.05, 3.63) is 65.7 Å². The number of rotatable bonds is 8. The second-order valence-corrected chi connectivity index (χ2v) is 6.01. The first-order valence-electron chi connectivity index (χ1n) is 8.22. The number of nitrogens with one attached hydrogen (secondary N) is 1. The Bertz CT molecular complexity index is 728. The molecular formula is C19H22F2N2O3. The molecule has 0 bridgehead atoms. The molecule has 5 nitrogen and oxygen atoms in total. The van der Waals surface area contributed by atoms with Crippen LogP contribution < -0.4 is 15.8 Å². The highest BCUT2D eigenvalue weighted by atomic mass is 19.2. The van der Waals surface area contributed by atoms with Gasteiger partial charge in [-0.05, 0) is 17.7 Å². The van der Waals surface area contributed by atoms with Crippen LogP contribution in [0, 0.1) is 17.6 Å². The molecule has 0 spiro atoms. The molecule has 0 aliphatic carbocycles. The molecule has 0 saturated heterocycles. The van der Waals surface area contributed by atoms with E-state index in [-0.39, 0.29) is 24.8 Å². The number of carbonyl (C=O) groups is 1. The van der Waals surface area contributed by atoms with Crippen LogP contribution >= 0.6 is 0 Å². The zero-order chi connectivity index (χ0) is 19.1. The summed E-state index contributed by atoms with van der Waals surface area (Å²) in [6.07, 6.45) is -1.01. The monoisotopic (exact) mass is 364 g/mol. The van der Waals surface area contributed by atoms with E-state index < -0.39 is 29.7 Å². The summed E-state index contributed by atoms with van der Waals surface area (Å²) >= 11 is 0. The second-order valence-electron chi connectivity index (χ2n) is 6.01. The standard InChI is InChI=1S/C19H22F2N2O3/c1-12(18(22)13-5-3-2-4-6-13)19(25)23-10-14(24)11-26-15-7-8-16(20)17(21)9-15/h2-9,12,14,18,24H,10-11,22H2,1H3,(H,23,25). The van der Waals surface area contributed by atoms with Crippen molar-refractivity contribution in [2.75, 3.05) is 13.2 Å². The summed E-state index contributed by atoms with van der Waals surface area (Å²) in [6.45, 7) is 1.48. The van der Waals surface area contributed by atoms with Gasteiger partial charge in [0.25, 0.3) is 0 Å². The van der Waals surface area contributed by atoms with Gasteiger partial charge in [0.1, 0.15) is 18.5 Å². The van der Waals surface area contributed by atoms with Crippen LogP contribution in [0.15, 0.2) is 48.5 Å². The van der Waals surface area contributed by atoms with Crippen LogP contribution in [0.4, 0.5) is 8.78 Å². The van der Waals surface area contributed by atoms with Crippen LogP contribution in [0.25, 0.3) is 0 Å². The molecule has 0 heterocycles. The summed E-state index contributed by atoms with van der Waals surface area (Å²) < 4.78 is 31.1. The van der Waals surface area contributed by atoms with E-state index >= 15 is 0 Å². The summed E-state index contributed by atoms with van der Waals surface area (Å²) in [6, 6.07) is 11.9. The van der Waals surface area contributed by atoms with Gasteiger partial charge in [-0.3, -0.25) is 4.79 Å². The lowest BCUT2D eigenvalue weighted by atomic mass is 9.94. The Balaban J connectivity index is 1.78. The molecule has 7 heteroatoms. The smallest absolute Gasteiger partial charge is 0.224 e. The van der Waals surface area contributed by atoms with Crippen molar-refractivity contribution in [2.45, 2.75) is 19.1 Å². The normalized spacial score (nSPS) is 14.3. The lowest BCUT2D eigenvalue weighted by molar-refractivity contribution is -0.125. The summed E-state index contributed by atoms with van der Waals surface area (Å²) in [7, 11) is 0. The molecule has 0 fully saturated rings. The molecule has 4 N–H and O–H groups in total. The molecule has 1 amide bonds. The predicted molar refractivity (Wildman–Crippen MR) is 93.4 cm³/mol. The van der Waals surface area contributed by atoms with E-state index in [9.17, 15) is 18.7 Å². The molecule has 2 aromatic carbocycles. The van der Waals surface area contributed by atoms with Crippen LogP contribution in [0.3, 0.4) is 0 Å². The molecule has 3 atom stereocenters. The van der Waals surface area contributed by atoms with Crippen LogP contribution in [-0.4, -0.2) is 30.3 Å². The van der Waals surface area contributed by atoms with Crippen LogP contribution in [-0.2, 0) is 4.79 Å². The van der Waals surface area contributed by atoms with Gasteiger partial charge in [0.15, 0.2) is 11.6 Å². The van der Waals surface area contributed by atoms with Crippen molar-refractivity contribution < 1.29 is 23.4 Å². The van der Waals surface area contributed by atoms with E-state index in [1.165, 1.54) is 6.07 Å². The van der Waals surface area contributed by atoms with Gasteiger partial charge in [0.2, 0.25) is 5.91 Å². The fraction of sp³-hybridized carbons (Fsp3) is 0.316. The summed E-state index contributed by atoms with van der Waals surface area (Å²) in [5.41, 5.74) is 6.94. The highest BCUT2D eigenvalue weighted by Gasteiger charge is 2.22. The van der Waals surface area contributed by atoms with Crippen molar-refractivity contribution >= 4 is 5.91 Å². The van der Waals surface area contributed by atoms with Crippen molar-refractivity contribution in [3.63, 3.8) is 0 Å². The minimum atomic E-state index is -1.03. The largest absolute Gasteiger partial charge is 0.491 e. The number of hydrogen-bond acceptors (Lipinski definition) is 4. The third-order valence-electron chi connectivity index (χ3n) is 3.98. The van der Waals surface area contributed by atoms with Crippen molar-refractivity contribution in [1.29, 1.82) is 0 Å². The lowest BCUT2D eigenvalue weighted by Gasteiger charge is -2.21. The maximum Gasteiger partial charge on any atom is 0.224 e. The fourth-order valence-electron chi connectivity index (χ4n) is 2.32. The zero-order valence-corrected chi connectivity index (χ0v) is 14.4. The molecule has 0 radical (unpaired) electrons. The Morgan fingerprint density at radius 2 is 1.88 bits per heavy atom. The molecule has 0 saturated carbocycles. The van der Waals surface area contributed by atoms with E-state index in [1.54, 1.807) is 6.92 Å². The van der Waals surface area contributed by atoms with Crippen molar-refractivity contribution in [1.82, 2.24) is 5.32 Å². The van der Waals surface area contributed by atoms with Crippen molar-refractivity contribution in [2.24, 2.45) is 11.7 Å². The second kappa shape index (κ2) is 9.26. The molecule has 140 valence electrons. The van der Waals surface area contributed by atoms with E-state index in [4.69, 9.17) is 10.5 Å². The zero-order valence-electron chi connectivity index (χ0n) is 14.4. The number of amides is 1. The first kappa shape index (κ1) is 19.8. The average Bonchev–Trinajstić information content (AvgIpc) is 2.66. The van der Waals surface area contributed by atoms with Crippen LogP contribution in [0.2, 0.25) is 0 Å². The van der Waals surface area contributed by atoms with Gasteiger partial charge in [-0.25, -0.2) is 8.78 Å². The number of benzene rings is 2. The Morgan fingerprint density at radius 1 is 1.19 bits per heavy atom. The Labute approximate surface area is 150 Å². The fourth-order valence-corrected chi connectivity index (χ4v) is 2.32. The number of nitrogens with two attached hydrogens (primary N) is 1. The van der Waals surface area contributed by atoms with E-state index in [2.05, 4.69) is 5.32 Å². The topological polar surface area (TPSA) is 84.6 Å². The van der Waals surface area contributed by atoms with Crippen LogP contribution in [0.1, 0.15) is 18.5 Å². The van der Waals surface area contributed by atoms with E-state index in [1.807, 2.05) is 30.3 Å². The molecular weight excluding hydrogens is 342 g/mol. The van der Waals surface area contributed by atoms with E-state index in [0.717, 1.165) is 17.7 Å². The molecule has 3 unspecified atom stereocenters. The average molecular weight is 364 g/mol. The summed E-state index contributed by atoms with van der Waals surface area (Å²) in [4.78, 5) is 12.2. The van der Waals surface area contributed by atoms with Gasteiger partial charge >= 0.3 is 0 Å². The molecule has 0 aromatic heterocycles. The number of ether oxygens (including phenoxy) is 1. The highest BCUT2D eigenvalue weighted by Crippen LogP contribution is 2.19. The highest BCUT2D eigenvalue weighted by molar-refractivity contribution is 5.79. The number of hydrogen-bond donors (Lipinski definition) is 3. The number of aliphatic hydroxyl groups is 1. The summed E-state index contributed by atoms with van der Waals surface area (Å²) in [5.74, 6) is -2.71.